The summed E-state index contributed by atoms with van der Waals surface area (Å²) in [5, 5.41) is 2.85. The summed E-state index contributed by atoms with van der Waals surface area (Å²) in [6.45, 7) is 6.22. The van der Waals surface area contributed by atoms with Crippen molar-refractivity contribution >= 4 is 46.4 Å². The third kappa shape index (κ3) is 9.09. The molecule has 10 heteroatoms. The summed E-state index contributed by atoms with van der Waals surface area (Å²) in [4.78, 5) is 9.84. The van der Waals surface area contributed by atoms with E-state index < -0.39 is 14.3 Å². The van der Waals surface area contributed by atoms with Crippen molar-refractivity contribution in [3.05, 3.63) is 158 Å². The minimum Gasteiger partial charge on any atom is -0.377 e. The average molecular weight is 733 g/mol. The van der Waals surface area contributed by atoms with Crippen molar-refractivity contribution < 1.29 is 28.1 Å². The fraction of sp³-hybridized carbons (Fsp3) is 0.190. The van der Waals surface area contributed by atoms with Gasteiger partial charge in [-0.2, -0.15) is 0 Å². The van der Waals surface area contributed by atoms with E-state index in [9.17, 15) is 9.13 Å². The lowest BCUT2D eigenvalue weighted by molar-refractivity contribution is -0.0334. The summed E-state index contributed by atoms with van der Waals surface area (Å²) in [6, 6.07) is 48.9. The van der Waals surface area contributed by atoms with Crippen LogP contribution < -0.4 is 32.1 Å². The molecular formula is C42H42N2O6P2. The summed E-state index contributed by atoms with van der Waals surface area (Å²) in [5.74, 6) is 0. The van der Waals surface area contributed by atoms with Crippen LogP contribution in [0.25, 0.3) is 11.4 Å². The van der Waals surface area contributed by atoms with Crippen LogP contribution in [0.4, 0.5) is 0 Å². The standard InChI is InChI=1S/C34H26N2O2P2.2C4H8O2/c37-39(27-15-5-1-6-16-27,28-17-7-2-8-18-28)33-25-13-23-31(35-33)32-24-14-26-34(36-32)40(38,29-19-9-3-10-20-29)30-21-11-4-12-22-30;2*1-2-6-4-3-5-1/h1-26H;2*1-4H2. The molecule has 52 heavy (non-hydrogen) atoms. The van der Waals surface area contributed by atoms with E-state index in [1.165, 1.54) is 0 Å². The van der Waals surface area contributed by atoms with Crippen LogP contribution in [0.3, 0.4) is 0 Å². The highest BCUT2D eigenvalue weighted by molar-refractivity contribution is 7.85. The molecule has 8 nitrogen and oxygen atoms in total. The Morgan fingerprint density at radius 3 is 0.808 bits per heavy atom. The summed E-state index contributed by atoms with van der Waals surface area (Å²) in [5.41, 5.74) is 2.09. The van der Waals surface area contributed by atoms with Gasteiger partial charge >= 0.3 is 0 Å². The number of rotatable bonds is 7. The lowest BCUT2D eigenvalue weighted by Gasteiger charge is -2.20. The Morgan fingerprint density at radius 2 is 0.577 bits per heavy atom. The van der Waals surface area contributed by atoms with Gasteiger partial charge in [0.15, 0.2) is 14.3 Å². The number of hydrogen-bond acceptors (Lipinski definition) is 8. The van der Waals surface area contributed by atoms with Crippen LogP contribution in [0.5, 0.6) is 0 Å². The summed E-state index contributed by atoms with van der Waals surface area (Å²) < 4.78 is 49.5. The van der Waals surface area contributed by atoms with E-state index in [-0.39, 0.29) is 0 Å². The van der Waals surface area contributed by atoms with E-state index in [1.54, 1.807) is 0 Å². The SMILES string of the molecule is C1COCCO1.C1COCCO1.O=P(c1ccccc1)(c1ccccc1)c1cccc(-c2cccc(P(=O)(c3ccccc3)c3ccccc3)n2)n1. The second kappa shape index (κ2) is 18.8. The first-order valence-corrected chi connectivity index (χ1v) is 20.7. The molecule has 0 spiro atoms. The van der Waals surface area contributed by atoms with Crippen LogP contribution in [0.15, 0.2) is 158 Å². The van der Waals surface area contributed by atoms with Gasteiger partial charge in [-0.3, -0.25) is 0 Å². The molecule has 2 aliphatic rings. The first-order chi connectivity index (χ1) is 25.6. The van der Waals surface area contributed by atoms with Gasteiger partial charge in [-0.05, 0) is 24.3 Å². The Morgan fingerprint density at radius 1 is 0.327 bits per heavy atom. The maximum atomic E-state index is 14.9. The number of aromatic nitrogens is 2. The van der Waals surface area contributed by atoms with Gasteiger partial charge in [-0.1, -0.05) is 133 Å². The van der Waals surface area contributed by atoms with Gasteiger partial charge in [0, 0.05) is 21.2 Å². The molecule has 6 aromatic rings. The second-order valence-corrected chi connectivity index (χ2v) is 17.2. The highest BCUT2D eigenvalue weighted by atomic mass is 31.2. The molecule has 2 fully saturated rings. The van der Waals surface area contributed by atoms with Crippen LogP contribution in [0.2, 0.25) is 0 Å². The number of hydrogen-bond donors (Lipinski definition) is 0. The highest BCUT2D eigenvalue weighted by Crippen LogP contribution is 2.43. The van der Waals surface area contributed by atoms with Crippen LogP contribution in [0, 0.1) is 0 Å². The van der Waals surface area contributed by atoms with Gasteiger partial charge in [0.05, 0.1) is 64.2 Å². The lowest BCUT2D eigenvalue weighted by Crippen LogP contribution is -2.28. The van der Waals surface area contributed by atoms with Gasteiger partial charge in [0.1, 0.15) is 10.9 Å². The third-order valence-electron chi connectivity index (χ3n) is 8.34. The topological polar surface area (TPSA) is 96.8 Å². The number of pyridine rings is 2. The molecule has 0 radical (unpaired) electrons. The van der Waals surface area contributed by atoms with E-state index in [2.05, 4.69) is 0 Å². The number of nitrogens with zero attached hydrogens (tertiary/aromatic N) is 2. The summed E-state index contributed by atoms with van der Waals surface area (Å²) >= 11 is 0. The normalized spacial score (nSPS) is 14.5. The Balaban J connectivity index is 0.000000327. The molecule has 0 bridgehead atoms. The minimum absolute atomic E-state index is 0.476. The monoisotopic (exact) mass is 732 g/mol. The maximum Gasteiger partial charge on any atom is 0.188 e. The highest BCUT2D eigenvalue weighted by Gasteiger charge is 2.33. The zero-order chi connectivity index (χ0) is 35.9. The lowest BCUT2D eigenvalue weighted by atomic mass is 10.2. The zero-order valence-electron chi connectivity index (χ0n) is 28.9. The van der Waals surface area contributed by atoms with Gasteiger partial charge in [-0.25, -0.2) is 9.97 Å². The van der Waals surface area contributed by atoms with Crippen LogP contribution >= 0.6 is 14.3 Å². The van der Waals surface area contributed by atoms with Crippen molar-refractivity contribution in [2.24, 2.45) is 0 Å². The van der Waals surface area contributed by atoms with Gasteiger partial charge in [-0.15, -0.1) is 0 Å². The molecule has 0 N–H and O–H groups in total. The molecular weight excluding hydrogens is 690 g/mol. The molecule has 0 saturated carbocycles. The molecule has 266 valence electrons. The predicted octanol–water partition coefficient (Wildman–Crippen LogP) is 5.49. The smallest absolute Gasteiger partial charge is 0.188 e. The van der Waals surface area contributed by atoms with E-state index in [4.69, 9.17) is 28.9 Å². The van der Waals surface area contributed by atoms with Crippen molar-refractivity contribution in [1.29, 1.82) is 0 Å². The van der Waals surface area contributed by atoms with Crippen molar-refractivity contribution in [3.8, 4) is 11.4 Å². The molecule has 0 amide bonds. The Bertz CT molecular complexity index is 1800. The van der Waals surface area contributed by atoms with Crippen molar-refractivity contribution in [3.63, 3.8) is 0 Å². The molecule has 2 aromatic heterocycles. The predicted molar refractivity (Wildman–Crippen MR) is 210 cm³/mol. The van der Waals surface area contributed by atoms with Gasteiger partial charge < -0.3 is 28.1 Å². The third-order valence-corrected chi connectivity index (χ3v) is 14.2. The summed E-state index contributed by atoms with van der Waals surface area (Å²) in [6.07, 6.45) is 0. The van der Waals surface area contributed by atoms with Crippen LogP contribution in [0.1, 0.15) is 0 Å². The molecule has 0 atom stereocenters. The second-order valence-electron chi connectivity index (χ2n) is 11.8. The fourth-order valence-corrected chi connectivity index (χ4v) is 10.9. The van der Waals surface area contributed by atoms with E-state index >= 15 is 0 Å². The van der Waals surface area contributed by atoms with Crippen LogP contribution in [-0.4, -0.2) is 62.8 Å². The molecule has 4 heterocycles. The Kier molecular flexibility index (Phi) is 13.5. The number of benzene rings is 4. The van der Waals surface area contributed by atoms with Crippen molar-refractivity contribution in [2.75, 3.05) is 52.9 Å². The first kappa shape index (κ1) is 37.2. The van der Waals surface area contributed by atoms with Crippen molar-refractivity contribution in [2.45, 2.75) is 0 Å². The van der Waals surface area contributed by atoms with Gasteiger partial charge in [0.2, 0.25) is 0 Å². The number of ether oxygens (including phenoxy) is 4. The largest absolute Gasteiger partial charge is 0.377 e. The first-order valence-electron chi connectivity index (χ1n) is 17.3. The van der Waals surface area contributed by atoms with Crippen LogP contribution in [-0.2, 0) is 28.1 Å². The average Bonchev–Trinajstić information content (AvgIpc) is 3.26. The quantitative estimate of drug-likeness (QED) is 0.199. The maximum absolute atomic E-state index is 14.9. The fourth-order valence-electron chi connectivity index (χ4n) is 5.74. The Labute approximate surface area is 305 Å². The zero-order valence-corrected chi connectivity index (χ0v) is 30.7. The van der Waals surface area contributed by atoms with Crippen molar-refractivity contribution in [1.82, 2.24) is 9.97 Å². The van der Waals surface area contributed by atoms with Gasteiger partial charge in [0.25, 0.3) is 0 Å². The van der Waals surface area contributed by atoms with E-state index in [0.717, 1.165) is 52.9 Å². The molecule has 4 aromatic carbocycles. The van der Waals surface area contributed by atoms with E-state index in [1.807, 2.05) is 158 Å². The summed E-state index contributed by atoms with van der Waals surface area (Å²) in [7, 11) is -6.51. The molecule has 0 unspecified atom stereocenters. The minimum atomic E-state index is -3.26. The van der Waals surface area contributed by atoms with E-state index in [0.29, 0.717) is 43.5 Å². The molecule has 2 saturated heterocycles. The molecule has 0 aliphatic carbocycles. The molecule has 8 rings (SSSR count). The molecule has 2 aliphatic heterocycles. The Hall–Kier alpha value is -4.52.